The third kappa shape index (κ3) is 10.4. The molecule has 0 aliphatic heterocycles. The summed E-state index contributed by atoms with van der Waals surface area (Å²) in [5.41, 5.74) is 24.3. The number of methoxy groups -OCH3 is 4. The molecule has 4 aromatic heterocycles. The van der Waals surface area contributed by atoms with Gasteiger partial charge in [0.25, 0.3) is 0 Å². The van der Waals surface area contributed by atoms with Gasteiger partial charge in [0.1, 0.15) is 31.0 Å². The molecule has 4 N–H and O–H groups in total. The Hall–Kier alpha value is -9.05. The molecular weight excluding hydrogens is 885 g/mol. The van der Waals surface area contributed by atoms with Gasteiger partial charge in [-0.3, -0.25) is 4.68 Å². The minimum Gasteiger partial charge on any atom is -0.497 e. The molecule has 0 atom stereocenters. The molecule has 4 heterocycles. The monoisotopic (exact) mass is 936 g/mol. The summed E-state index contributed by atoms with van der Waals surface area (Å²) in [4.78, 5) is 17.3. The van der Waals surface area contributed by atoms with E-state index in [0.29, 0.717) is 61.2 Å². The first-order chi connectivity index (χ1) is 34.2. The van der Waals surface area contributed by atoms with Crippen molar-refractivity contribution in [1.29, 1.82) is 0 Å². The summed E-state index contributed by atoms with van der Waals surface area (Å²) >= 11 is 0. The molecule has 6 aromatic carbocycles. The number of nitrogens with zero attached hydrogens (tertiary/aromatic N) is 8. The normalized spacial score (nSPS) is 11.0. The first-order valence-electron chi connectivity index (χ1n) is 22.3. The van der Waals surface area contributed by atoms with Crippen LogP contribution in [-0.4, -0.2) is 67.3 Å². The largest absolute Gasteiger partial charge is 0.497 e. The van der Waals surface area contributed by atoms with Crippen molar-refractivity contribution in [2.24, 2.45) is 7.05 Å². The molecule has 10 aromatic rings. The number of anilines is 2. The maximum atomic E-state index is 6.30. The number of hydrogen-bond acceptors (Lipinski definition) is 13. The topological polar surface area (TPSA) is 187 Å². The van der Waals surface area contributed by atoms with Crippen molar-refractivity contribution in [3.63, 3.8) is 0 Å². The standard InChI is InChI=1S/C27H27N5O3.C27H25N5O3/c1-31-16-21(14-29-31)20-7-10-24-23(13-20)30-27(28)32(24)15-19-6-11-25(26(12-19)34-3)35-17-18-4-8-22(33-2)9-5-18;1-33-22-7-3-18(4-8-22)16-35-25-10-5-19(11-26(25)34-2)15-32-24-9-6-20(12-23(24)31-27(32)28)21-13-29-17-30-14-21/h4-14,16H,15,17H2,1-3H3,(H2,28,30);3-14,17H,15-16H2,1-2H3,(H2,28,31). The Morgan fingerprint density at radius 2 is 0.914 bits per heavy atom. The Kier molecular flexibility index (Phi) is 13.7. The molecule has 0 amide bonds. The Morgan fingerprint density at radius 1 is 0.457 bits per heavy atom. The van der Waals surface area contributed by atoms with Crippen LogP contribution >= 0.6 is 0 Å². The van der Waals surface area contributed by atoms with E-state index >= 15 is 0 Å². The number of rotatable bonds is 16. The fourth-order valence-electron chi connectivity index (χ4n) is 8.00. The van der Waals surface area contributed by atoms with E-state index in [1.54, 1.807) is 45.5 Å². The lowest BCUT2D eigenvalue weighted by molar-refractivity contribution is 0.284. The molecule has 354 valence electrons. The fourth-order valence-corrected chi connectivity index (χ4v) is 8.00. The number of aromatic nitrogens is 8. The zero-order chi connectivity index (χ0) is 48.6. The summed E-state index contributed by atoms with van der Waals surface area (Å²) in [5.74, 6) is 5.20. The number of imidazole rings is 2. The van der Waals surface area contributed by atoms with Crippen molar-refractivity contribution in [2.75, 3.05) is 39.9 Å². The molecule has 16 heteroatoms. The lowest BCUT2D eigenvalue weighted by Crippen LogP contribution is -2.05. The number of nitrogens with two attached hydrogens (primary N) is 2. The van der Waals surface area contributed by atoms with Gasteiger partial charge in [-0.05, 0) is 106 Å². The van der Waals surface area contributed by atoms with E-state index < -0.39 is 0 Å². The highest BCUT2D eigenvalue weighted by Gasteiger charge is 2.15. The van der Waals surface area contributed by atoms with Crippen LogP contribution < -0.4 is 39.9 Å². The number of fused-ring (bicyclic) bond motifs is 2. The molecule has 0 bridgehead atoms. The van der Waals surface area contributed by atoms with Crippen molar-refractivity contribution in [1.82, 2.24) is 38.9 Å². The van der Waals surface area contributed by atoms with Gasteiger partial charge in [-0.2, -0.15) is 5.10 Å². The lowest BCUT2D eigenvalue weighted by Gasteiger charge is -2.13. The van der Waals surface area contributed by atoms with Crippen molar-refractivity contribution >= 4 is 34.0 Å². The van der Waals surface area contributed by atoms with Gasteiger partial charge in [-0.25, -0.2) is 19.9 Å². The van der Waals surface area contributed by atoms with E-state index in [4.69, 9.17) is 39.9 Å². The number of nitrogen functional groups attached to an aromatic ring is 2. The van der Waals surface area contributed by atoms with E-state index in [0.717, 1.165) is 78.1 Å². The molecular formula is C54H52N10O6. The molecule has 10 rings (SSSR count). The van der Waals surface area contributed by atoms with Crippen LogP contribution in [0.1, 0.15) is 22.3 Å². The third-order valence-corrected chi connectivity index (χ3v) is 11.7. The van der Waals surface area contributed by atoms with Crippen molar-refractivity contribution in [3.05, 3.63) is 175 Å². The van der Waals surface area contributed by atoms with E-state index in [9.17, 15) is 0 Å². The molecule has 0 saturated heterocycles. The van der Waals surface area contributed by atoms with Gasteiger partial charge in [0.15, 0.2) is 23.0 Å². The van der Waals surface area contributed by atoms with Crippen LogP contribution in [0.5, 0.6) is 34.5 Å². The zero-order valence-electron chi connectivity index (χ0n) is 39.4. The van der Waals surface area contributed by atoms with Gasteiger partial charge < -0.3 is 49.0 Å². The predicted molar refractivity (Wildman–Crippen MR) is 270 cm³/mol. The van der Waals surface area contributed by atoms with Gasteiger partial charge in [0, 0.05) is 36.8 Å². The van der Waals surface area contributed by atoms with Crippen LogP contribution in [0.2, 0.25) is 0 Å². The third-order valence-electron chi connectivity index (χ3n) is 11.7. The SMILES string of the molecule is COc1ccc(COc2ccc(Cn3c(N)nc4cc(-c5cncnc5)ccc43)cc2OC)cc1.COc1ccc(COc2ccc(Cn3c(N)nc4cc(-c5cnn(C)c5)ccc43)cc2OC)cc1. The van der Waals surface area contributed by atoms with Crippen LogP contribution in [0, 0.1) is 0 Å². The molecule has 0 aliphatic rings. The van der Waals surface area contributed by atoms with Crippen LogP contribution in [0.15, 0.2) is 152 Å². The average Bonchev–Trinajstić information content (AvgIpc) is 4.08. The summed E-state index contributed by atoms with van der Waals surface area (Å²) in [5, 5.41) is 4.25. The fraction of sp³-hybridized carbons (Fsp3) is 0.167. The van der Waals surface area contributed by atoms with E-state index in [1.165, 1.54) is 6.33 Å². The highest BCUT2D eigenvalue weighted by molar-refractivity contribution is 5.85. The molecule has 0 spiro atoms. The second kappa shape index (κ2) is 20.9. The molecule has 0 saturated carbocycles. The Labute approximate surface area is 404 Å². The predicted octanol–water partition coefficient (Wildman–Crippen LogP) is 9.38. The maximum absolute atomic E-state index is 6.30. The second-order valence-electron chi connectivity index (χ2n) is 16.3. The first kappa shape index (κ1) is 46.1. The first-order valence-corrected chi connectivity index (χ1v) is 22.3. The second-order valence-corrected chi connectivity index (χ2v) is 16.3. The number of aryl methyl sites for hydroxylation is 1. The van der Waals surface area contributed by atoms with E-state index in [2.05, 4.69) is 31.1 Å². The Bertz CT molecular complexity index is 3370. The molecule has 0 fully saturated rings. The average molecular weight is 937 g/mol. The van der Waals surface area contributed by atoms with Crippen LogP contribution in [0.4, 0.5) is 11.9 Å². The summed E-state index contributed by atoms with van der Waals surface area (Å²) in [7, 11) is 8.47. The minimum absolute atomic E-state index is 0.424. The van der Waals surface area contributed by atoms with Gasteiger partial charge >= 0.3 is 0 Å². The van der Waals surface area contributed by atoms with Crippen LogP contribution in [-0.2, 0) is 33.4 Å². The lowest BCUT2D eigenvalue weighted by atomic mass is 10.1. The van der Waals surface area contributed by atoms with Gasteiger partial charge in [-0.15, -0.1) is 0 Å². The Morgan fingerprint density at radius 3 is 1.34 bits per heavy atom. The Balaban J connectivity index is 0.000000174. The zero-order valence-corrected chi connectivity index (χ0v) is 39.4. The maximum Gasteiger partial charge on any atom is 0.201 e. The highest BCUT2D eigenvalue weighted by atomic mass is 16.5. The molecule has 0 aliphatic carbocycles. The van der Waals surface area contributed by atoms with E-state index in [-0.39, 0.29) is 0 Å². The van der Waals surface area contributed by atoms with Crippen molar-refractivity contribution < 1.29 is 28.4 Å². The summed E-state index contributed by atoms with van der Waals surface area (Å²) in [6, 6.07) is 39.5. The molecule has 16 nitrogen and oxygen atoms in total. The van der Waals surface area contributed by atoms with Crippen LogP contribution in [0.25, 0.3) is 44.3 Å². The summed E-state index contributed by atoms with van der Waals surface area (Å²) in [6.45, 7) is 1.96. The van der Waals surface area contributed by atoms with Crippen molar-refractivity contribution in [3.8, 4) is 56.8 Å². The molecule has 0 unspecified atom stereocenters. The smallest absolute Gasteiger partial charge is 0.201 e. The van der Waals surface area contributed by atoms with Gasteiger partial charge in [0.05, 0.1) is 69.8 Å². The van der Waals surface area contributed by atoms with Gasteiger partial charge in [-0.1, -0.05) is 48.5 Å². The molecule has 0 radical (unpaired) electrons. The quantitative estimate of drug-likeness (QED) is 0.0934. The number of hydrogen-bond donors (Lipinski definition) is 2. The van der Waals surface area contributed by atoms with E-state index in [1.807, 2.05) is 144 Å². The number of ether oxygens (including phenoxy) is 6. The summed E-state index contributed by atoms with van der Waals surface area (Å²) < 4.78 is 39.4. The van der Waals surface area contributed by atoms with Gasteiger partial charge in [0.2, 0.25) is 11.9 Å². The number of benzene rings is 6. The molecule has 70 heavy (non-hydrogen) atoms. The van der Waals surface area contributed by atoms with Crippen LogP contribution in [0.3, 0.4) is 0 Å². The minimum atomic E-state index is 0.424. The van der Waals surface area contributed by atoms with Crippen molar-refractivity contribution in [2.45, 2.75) is 26.3 Å². The summed E-state index contributed by atoms with van der Waals surface area (Å²) in [6.07, 6.45) is 8.88. The highest BCUT2D eigenvalue weighted by Crippen LogP contribution is 2.33.